The van der Waals surface area contributed by atoms with E-state index in [4.69, 9.17) is 9.47 Å². The van der Waals surface area contributed by atoms with Crippen molar-refractivity contribution in [1.82, 2.24) is 0 Å². The topological polar surface area (TPSA) is 96.2 Å². The number of fused-ring (bicyclic) bond motifs is 1. The van der Waals surface area contributed by atoms with Crippen molar-refractivity contribution in [2.24, 2.45) is 0 Å². The number of phenols is 3. The van der Waals surface area contributed by atoms with Gasteiger partial charge in [-0.05, 0) is 12.1 Å². The monoisotopic (exact) mass is 302 g/mol. The van der Waals surface area contributed by atoms with Crippen LogP contribution >= 0.6 is 0 Å². The minimum absolute atomic E-state index is 0.0759. The van der Waals surface area contributed by atoms with Gasteiger partial charge >= 0.3 is 0 Å². The van der Waals surface area contributed by atoms with Crippen LogP contribution in [0.4, 0.5) is 0 Å². The van der Waals surface area contributed by atoms with Gasteiger partial charge in [-0.15, -0.1) is 0 Å². The van der Waals surface area contributed by atoms with Crippen molar-refractivity contribution < 1.29 is 29.6 Å². The third kappa shape index (κ3) is 2.18. The predicted molar refractivity (Wildman–Crippen MR) is 76.7 cm³/mol. The maximum Gasteiger partial charge on any atom is 0.174 e. The third-order valence-electron chi connectivity index (χ3n) is 3.59. The minimum atomic E-state index is -0.840. The molecule has 22 heavy (non-hydrogen) atoms. The minimum Gasteiger partial charge on any atom is -0.507 e. The summed E-state index contributed by atoms with van der Waals surface area (Å²) < 4.78 is 10.7. The average molecular weight is 302 g/mol. The van der Waals surface area contributed by atoms with Crippen LogP contribution in [0.3, 0.4) is 0 Å². The molecule has 3 rings (SSSR count). The summed E-state index contributed by atoms with van der Waals surface area (Å²) in [5.74, 6) is -0.387. The zero-order chi connectivity index (χ0) is 15.9. The Morgan fingerprint density at radius 2 is 1.82 bits per heavy atom. The highest BCUT2D eigenvalue weighted by molar-refractivity contribution is 6.02. The number of phenolic OH excluding ortho intramolecular Hbond substituents is 3. The fraction of sp³-hybridized carbons (Fsp3) is 0.188. The Morgan fingerprint density at radius 1 is 1.14 bits per heavy atom. The molecule has 0 radical (unpaired) electrons. The third-order valence-corrected chi connectivity index (χ3v) is 3.59. The first-order valence-corrected chi connectivity index (χ1v) is 6.63. The number of carbonyl (C=O) groups excluding carboxylic acids is 1. The van der Waals surface area contributed by atoms with E-state index in [0.29, 0.717) is 5.75 Å². The number of carbonyl (C=O) groups is 1. The van der Waals surface area contributed by atoms with Crippen LogP contribution in [0.5, 0.6) is 28.7 Å². The van der Waals surface area contributed by atoms with Gasteiger partial charge in [-0.3, -0.25) is 4.79 Å². The molecule has 1 atom stereocenters. The molecule has 0 bridgehead atoms. The lowest BCUT2D eigenvalue weighted by atomic mass is 9.94. The van der Waals surface area contributed by atoms with E-state index >= 15 is 0 Å². The Labute approximate surface area is 126 Å². The molecule has 1 aliphatic rings. The number of rotatable bonds is 2. The van der Waals surface area contributed by atoms with Gasteiger partial charge in [-0.25, -0.2) is 0 Å². The van der Waals surface area contributed by atoms with Gasteiger partial charge in [0, 0.05) is 12.1 Å². The molecule has 0 saturated carbocycles. The van der Waals surface area contributed by atoms with Crippen LogP contribution in [0.2, 0.25) is 0 Å². The molecular weight excluding hydrogens is 288 g/mol. The smallest absolute Gasteiger partial charge is 0.174 e. The molecule has 3 N–H and O–H groups in total. The molecule has 0 amide bonds. The summed E-state index contributed by atoms with van der Waals surface area (Å²) in [4.78, 5) is 12.3. The zero-order valence-electron chi connectivity index (χ0n) is 11.7. The quantitative estimate of drug-likeness (QED) is 0.789. The van der Waals surface area contributed by atoms with Gasteiger partial charge in [0.2, 0.25) is 0 Å². The molecule has 0 fully saturated rings. The number of Topliss-reactive ketones (excluding diaryl/α,β-unsaturated/α-hetero) is 1. The van der Waals surface area contributed by atoms with Gasteiger partial charge in [0.05, 0.1) is 19.1 Å². The molecule has 6 heteroatoms. The number of hydrogen-bond donors (Lipinski definition) is 3. The normalized spacial score (nSPS) is 16.8. The van der Waals surface area contributed by atoms with Gasteiger partial charge in [-0.2, -0.15) is 0 Å². The van der Waals surface area contributed by atoms with Crippen LogP contribution in [-0.2, 0) is 0 Å². The summed E-state index contributed by atoms with van der Waals surface area (Å²) in [5, 5.41) is 29.7. The average Bonchev–Trinajstić information content (AvgIpc) is 2.46. The van der Waals surface area contributed by atoms with Crippen molar-refractivity contribution in [1.29, 1.82) is 0 Å². The molecule has 2 aromatic rings. The van der Waals surface area contributed by atoms with E-state index in [1.54, 1.807) is 0 Å². The van der Waals surface area contributed by atoms with Crippen LogP contribution in [0, 0.1) is 0 Å². The zero-order valence-corrected chi connectivity index (χ0v) is 11.7. The second-order valence-corrected chi connectivity index (χ2v) is 4.96. The van der Waals surface area contributed by atoms with E-state index in [2.05, 4.69) is 0 Å². The molecule has 0 aliphatic carbocycles. The van der Waals surface area contributed by atoms with E-state index < -0.39 is 6.10 Å². The second kappa shape index (κ2) is 5.14. The molecule has 1 heterocycles. The maximum atomic E-state index is 12.3. The van der Waals surface area contributed by atoms with Gasteiger partial charge in [0.25, 0.3) is 0 Å². The van der Waals surface area contributed by atoms with Crippen LogP contribution in [0.25, 0.3) is 0 Å². The van der Waals surface area contributed by atoms with Gasteiger partial charge in [0.15, 0.2) is 5.78 Å². The molecule has 114 valence electrons. The number of aromatic hydroxyl groups is 3. The molecule has 1 aliphatic heterocycles. The van der Waals surface area contributed by atoms with E-state index in [1.807, 2.05) is 0 Å². The van der Waals surface area contributed by atoms with Gasteiger partial charge in [0.1, 0.15) is 40.4 Å². The Morgan fingerprint density at radius 3 is 2.45 bits per heavy atom. The number of methoxy groups -OCH3 is 1. The van der Waals surface area contributed by atoms with Crippen molar-refractivity contribution in [2.75, 3.05) is 7.11 Å². The largest absolute Gasteiger partial charge is 0.507 e. The van der Waals surface area contributed by atoms with E-state index in [9.17, 15) is 20.1 Å². The summed E-state index contributed by atoms with van der Waals surface area (Å²) >= 11 is 0. The predicted octanol–water partition coefficient (Wildman–Crippen LogP) is 2.52. The second-order valence-electron chi connectivity index (χ2n) is 4.96. The van der Waals surface area contributed by atoms with Crippen molar-refractivity contribution >= 4 is 5.78 Å². The molecule has 0 saturated heterocycles. The van der Waals surface area contributed by atoms with Crippen LogP contribution < -0.4 is 9.47 Å². The lowest BCUT2D eigenvalue weighted by Gasteiger charge is -2.27. The van der Waals surface area contributed by atoms with E-state index in [0.717, 1.165) is 0 Å². The summed E-state index contributed by atoms with van der Waals surface area (Å²) in [6, 6.07) is 7.11. The van der Waals surface area contributed by atoms with E-state index in [1.165, 1.54) is 37.4 Å². The molecule has 0 aromatic heterocycles. The molecular formula is C16H14O6. The number of ether oxygens (including phenoxy) is 2. The number of ketones is 1. The van der Waals surface area contributed by atoms with Gasteiger partial charge in [-0.1, -0.05) is 6.07 Å². The van der Waals surface area contributed by atoms with E-state index in [-0.39, 0.29) is 46.3 Å². The molecule has 0 spiro atoms. The fourth-order valence-electron chi connectivity index (χ4n) is 2.56. The SMILES string of the molecule is COc1cc(O)c2c(c1)O[C@@H](c1c(O)cccc1O)CC2=O. The summed E-state index contributed by atoms with van der Waals surface area (Å²) in [7, 11) is 1.43. The Hall–Kier alpha value is -2.89. The van der Waals surface area contributed by atoms with Crippen molar-refractivity contribution in [3.8, 4) is 28.7 Å². The van der Waals surface area contributed by atoms with Crippen molar-refractivity contribution in [3.05, 3.63) is 41.5 Å². The molecule has 6 nitrogen and oxygen atoms in total. The Balaban J connectivity index is 2.07. The van der Waals surface area contributed by atoms with Crippen molar-refractivity contribution in [2.45, 2.75) is 12.5 Å². The first-order chi connectivity index (χ1) is 10.5. The summed E-state index contributed by atoms with van der Waals surface area (Å²) in [6.07, 6.45) is -0.939. The summed E-state index contributed by atoms with van der Waals surface area (Å²) in [5.41, 5.74) is 0.218. The van der Waals surface area contributed by atoms with Crippen LogP contribution in [0.15, 0.2) is 30.3 Å². The first kappa shape index (κ1) is 14.1. The Kier molecular flexibility index (Phi) is 3.29. The van der Waals surface area contributed by atoms with Crippen LogP contribution in [-0.4, -0.2) is 28.2 Å². The molecule has 2 aromatic carbocycles. The standard InChI is InChI=1S/C16H14O6/c1-21-8-5-11(19)16-12(20)7-14(22-13(16)6-8)15-9(17)3-2-4-10(15)18/h2-6,14,17-19H,7H2,1H3/t14-/m1/s1. The maximum absolute atomic E-state index is 12.3. The number of hydrogen-bond acceptors (Lipinski definition) is 6. The fourth-order valence-corrected chi connectivity index (χ4v) is 2.56. The highest BCUT2D eigenvalue weighted by atomic mass is 16.5. The van der Waals surface area contributed by atoms with Gasteiger partial charge < -0.3 is 24.8 Å². The molecule has 0 unspecified atom stereocenters. The summed E-state index contributed by atoms with van der Waals surface area (Å²) in [6.45, 7) is 0. The Bertz CT molecular complexity index is 732. The number of benzene rings is 2. The first-order valence-electron chi connectivity index (χ1n) is 6.63. The lowest BCUT2D eigenvalue weighted by molar-refractivity contribution is 0.0839. The highest BCUT2D eigenvalue weighted by Crippen LogP contribution is 2.45. The lowest BCUT2D eigenvalue weighted by Crippen LogP contribution is -2.20. The van der Waals surface area contributed by atoms with Crippen LogP contribution in [0.1, 0.15) is 28.4 Å². The van der Waals surface area contributed by atoms with Crippen molar-refractivity contribution in [3.63, 3.8) is 0 Å². The highest BCUT2D eigenvalue weighted by Gasteiger charge is 2.33.